The minimum absolute atomic E-state index is 0.181. The second-order valence-electron chi connectivity index (χ2n) is 10.1. The van der Waals surface area contributed by atoms with Crippen LogP contribution >= 0.6 is 15.9 Å². The number of hydrogen-bond acceptors (Lipinski definition) is 9. The van der Waals surface area contributed by atoms with E-state index in [2.05, 4.69) is 37.1 Å². The first-order valence-electron chi connectivity index (χ1n) is 14.3. The highest BCUT2D eigenvalue weighted by Crippen LogP contribution is 2.37. The van der Waals surface area contributed by atoms with Crippen LogP contribution < -0.4 is 35.0 Å². The van der Waals surface area contributed by atoms with Gasteiger partial charge in [0, 0.05) is 5.70 Å². The van der Waals surface area contributed by atoms with Crippen LogP contribution in [0.15, 0.2) is 75.4 Å². The quantitative estimate of drug-likeness (QED) is 0.128. The van der Waals surface area contributed by atoms with Crippen molar-refractivity contribution in [1.29, 1.82) is 0 Å². The zero-order chi connectivity index (χ0) is 33.2. The Morgan fingerprint density at radius 1 is 0.978 bits per heavy atom. The molecule has 0 radical (unpaired) electrons. The molecule has 0 saturated carbocycles. The number of ether oxygens (including phenoxy) is 5. The number of esters is 1. The largest absolute Gasteiger partial charge is 0.493 e. The number of urea groups is 1. The molecule has 242 valence electrons. The maximum Gasteiger partial charge on any atom is 0.338 e. The molecule has 0 unspecified atom stereocenters. The predicted octanol–water partition coefficient (Wildman–Crippen LogP) is 5.07. The van der Waals surface area contributed by atoms with E-state index in [4.69, 9.17) is 23.7 Å². The Balaban J connectivity index is 1.37. The zero-order valence-electron chi connectivity index (χ0n) is 26.1. The van der Waals surface area contributed by atoms with E-state index in [1.807, 2.05) is 31.2 Å². The smallest absolute Gasteiger partial charge is 0.338 e. The van der Waals surface area contributed by atoms with Crippen LogP contribution in [0.25, 0.3) is 0 Å². The van der Waals surface area contributed by atoms with Gasteiger partial charge in [-0.05, 0) is 77.7 Å². The summed E-state index contributed by atoms with van der Waals surface area (Å²) in [6.07, 6.45) is 1.47. The Morgan fingerprint density at radius 2 is 1.72 bits per heavy atom. The minimum Gasteiger partial charge on any atom is -0.493 e. The van der Waals surface area contributed by atoms with Crippen molar-refractivity contribution in [3.63, 3.8) is 0 Å². The summed E-state index contributed by atoms with van der Waals surface area (Å²) in [6.45, 7) is 5.54. The summed E-state index contributed by atoms with van der Waals surface area (Å²) in [5.74, 6) is 0.547. The van der Waals surface area contributed by atoms with E-state index in [-0.39, 0.29) is 24.5 Å². The first-order valence-corrected chi connectivity index (χ1v) is 15.1. The van der Waals surface area contributed by atoms with Gasteiger partial charge in [-0.25, -0.2) is 15.0 Å². The van der Waals surface area contributed by atoms with Crippen molar-refractivity contribution in [3.8, 4) is 23.0 Å². The SMILES string of the molecule is CCOC(=O)C1=C(C)NC(=O)N[C@H]1c1ccc(OCC(=O)N/N=C\c2cc(Br)c(OCc3ccc(C)cc3)c(OC)c2)c(OC)c1. The Bertz CT molecular complexity index is 1660. The first-order chi connectivity index (χ1) is 22.1. The third-order valence-electron chi connectivity index (χ3n) is 6.80. The number of carbonyl (C=O) groups excluding carboxylic acids is 3. The van der Waals surface area contributed by atoms with Crippen LogP contribution in [0.4, 0.5) is 4.79 Å². The van der Waals surface area contributed by atoms with Gasteiger partial charge in [0.15, 0.2) is 29.6 Å². The summed E-state index contributed by atoms with van der Waals surface area (Å²) in [5.41, 5.74) is 6.49. The molecule has 1 aliphatic heterocycles. The number of carbonyl (C=O) groups is 3. The Hall–Kier alpha value is -5.04. The summed E-state index contributed by atoms with van der Waals surface area (Å²) in [4.78, 5) is 37.3. The van der Waals surface area contributed by atoms with Crippen LogP contribution in [-0.2, 0) is 20.9 Å². The van der Waals surface area contributed by atoms with Crippen LogP contribution in [0.3, 0.4) is 0 Å². The van der Waals surface area contributed by atoms with Crippen LogP contribution in [0, 0.1) is 6.92 Å². The molecule has 3 aromatic carbocycles. The van der Waals surface area contributed by atoms with E-state index in [1.165, 1.54) is 18.9 Å². The summed E-state index contributed by atoms with van der Waals surface area (Å²) >= 11 is 3.53. The summed E-state index contributed by atoms with van der Waals surface area (Å²) in [5, 5.41) is 9.36. The molecule has 0 fully saturated rings. The summed E-state index contributed by atoms with van der Waals surface area (Å²) in [6, 6.07) is 15.2. The van der Waals surface area contributed by atoms with Gasteiger partial charge in [0.2, 0.25) is 0 Å². The molecule has 3 amide bonds. The molecule has 0 bridgehead atoms. The van der Waals surface area contributed by atoms with Gasteiger partial charge in [0.1, 0.15) is 6.61 Å². The Labute approximate surface area is 275 Å². The molecule has 4 rings (SSSR count). The lowest BCUT2D eigenvalue weighted by atomic mass is 9.95. The van der Waals surface area contributed by atoms with Gasteiger partial charge in [-0.1, -0.05) is 35.9 Å². The van der Waals surface area contributed by atoms with Crippen molar-refractivity contribution in [2.75, 3.05) is 27.4 Å². The highest BCUT2D eigenvalue weighted by molar-refractivity contribution is 9.10. The number of methoxy groups -OCH3 is 2. The number of hydrogen-bond donors (Lipinski definition) is 3. The van der Waals surface area contributed by atoms with E-state index >= 15 is 0 Å². The molecule has 46 heavy (non-hydrogen) atoms. The normalized spacial score (nSPS) is 14.3. The fraction of sp³-hybridized carbons (Fsp3) is 0.273. The lowest BCUT2D eigenvalue weighted by molar-refractivity contribution is -0.139. The average molecular weight is 696 g/mol. The topological polar surface area (TPSA) is 146 Å². The molecular weight excluding hydrogens is 660 g/mol. The third kappa shape index (κ3) is 8.57. The minimum atomic E-state index is -0.777. The molecule has 12 nitrogen and oxygen atoms in total. The van der Waals surface area contributed by atoms with Crippen LogP contribution in [0.5, 0.6) is 23.0 Å². The van der Waals surface area contributed by atoms with E-state index in [9.17, 15) is 14.4 Å². The third-order valence-corrected chi connectivity index (χ3v) is 7.39. The number of nitrogens with zero attached hydrogens (tertiary/aromatic N) is 1. The number of allylic oxidation sites excluding steroid dienone is 1. The number of aryl methyl sites for hydroxylation is 1. The number of benzene rings is 3. The second kappa shape index (κ2) is 15.8. The van der Waals surface area contributed by atoms with Gasteiger partial charge in [0.25, 0.3) is 5.91 Å². The van der Waals surface area contributed by atoms with Gasteiger partial charge in [-0.15, -0.1) is 0 Å². The molecule has 0 saturated heterocycles. The van der Waals surface area contributed by atoms with E-state index < -0.39 is 23.9 Å². The first kappa shape index (κ1) is 33.8. The van der Waals surface area contributed by atoms with Crippen molar-refractivity contribution in [1.82, 2.24) is 16.1 Å². The highest BCUT2D eigenvalue weighted by Gasteiger charge is 2.32. The molecule has 0 aliphatic carbocycles. The Kier molecular flexibility index (Phi) is 11.6. The van der Waals surface area contributed by atoms with Crippen molar-refractivity contribution in [2.24, 2.45) is 5.10 Å². The van der Waals surface area contributed by atoms with Gasteiger partial charge in [0.05, 0.1) is 43.1 Å². The molecule has 0 spiro atoms. The highest BCUT2D eigenvalue weighted by atomic mass is 79.9. The van der Waals surface area contributed by atoms with Crippen LogP contribution in [-0.4, -0.2) is 51.6 Å². The van der Waals surface area contributed by atoms with Crippen molar-refractivity contribution in [2.45, 2.75) is 33.4 Å². The number of halogens is 1. The average Bonchev–Trinajstić information content (AvgIpc) is 3.03. The lowest BCUT2D eigenvalue weighted by Crippen LogP contribution is -2.45. The molecule has 1 atom stereocenters. The van der Waals surface area contributed by atoms with Gasteiger partial charge >= 0.3 is 12.0 Å². The van der Waals surface area contributed by atoms with E-state index in [0.717, 1.165) is 5.56 Å². The Morgan fingerprint density at radius 3 is 2.41 bits per heavy atom. The van der Waals surface area contributed by atoms with Crippen LogP contribution in [0.1, 0.15) is 42.1 Å². The van der Waals surface area contributed by atoms with E-state index in [1.54, 1.807) is 51.3 Å². The zero-order valence-corrected chi connectivity index (χ0v) is 27.6. The molecule has 3 N–H and O–H groups in total. The summed E-state index contributed by atoms with van der Waals surface area (Å²) in [7, 11) is 2.98. The number of rotatable bonds is 13. The molecule has 1 aliphatic rings. The maximum absolute atomic E-state index is 12.6. The molecule has 3 aromatic rings. The molecule has 1 heterocycles. The lowest BCUT2D eigenvalue weighted by Gasteiger charge is -2.28. The number of nitrogens with one attached hydrogen (secondary N) is 3. The second-order valence-corrected chi connectivity index (χ2v) is 10.9. The van der Waals surface area contributed by atoms with Crippen LogP contribution in [0.2, 0.25) is 0 Å². The van der Waals surface area contributed by atoms with Crippen molar-refractivity contribution >= 4 is 40.1 Å². The van der Waals surface area contributed by atoms with Gasteiger partial charge in [-0.3, -0.25) is 4.79 Å². The fourth-order valence-electron chi connectivity index (χ4n) is 4.55. The fourth-order valence-corrected chi connectivity index (χ4v) is 5.13. The monoisotopic (exact) mass is 694 g/mol. The maximum atomic E-state index is 12.6. The molecular formula is C33H35BrN4O8. The number of amides is 3. The van der Waals surface area contributed by atoms with Gasteiger partial charge in [-0.2, -0.15) is 5.10 Å². The predicted molar refractivity (Wildman–Crippen MR) is 174 cm³/mol. The molecule has 13 heteroatoms. The standard InChI is InChI=1S/C33H35BrN4O8/c1-6-44-32(40)29-20(3)36-33(41)37-30(29)23-11-12-25(26(15-23)42-4)45-18-28(39)38-35-16-22-13-24(34)31(27(14-22)43-5)46-17-21-9-7-19(2)8-10-21/h7-16,30H,6,17-18H2,1-5H3,(H,38,39)(H2,36,37,41)/b35-16-/t30-/m0/s1. The van der Waals surface area contributed by atoms with Gasteiger partial charge < -0.3 is 34.3 Å². The molecule has 0 aromatic heterocycles. The summed E-state index contributed by atoms with van der Waals surface area (Å²) < 4.78 is 28.5. The van der Waals surface area contributed by atoms with Crippen molar-refractivity contribution < 1.29 is 38.1 Å². The van der Waals surface area contributed by atoms with Crippen molar-refractivity contribution in [3.05, 3.63) is 92.6 Å². The number of hydrazone groups is 1. The van der Waals surface area contributed by atoms with E-state index in [0.29, 0.717) is 45.2 Å².